The molecule has 1 amide bonds. The summed E-state index contributed by atoms with van der Waals surface area (Å²) < 4.78 is 55.7. The summed E-state index contributed by atoms with van der Waals surface area (Å²) in [5, 5.41) is 14.2. The predicted molar refractivity (Wildman–Crippen MR) is 150 cm³/mol. The molecule has 1 heterocycles. The number of alkyl carbamates (subject to hydrolysis) is 1. The van der Waals surface area contributed by atoms with Gasteiger partial charge in [0.25, 0.3) is 0 Å². The number of nitrogens with zero attached hydrogens (tertiary/aromatic N) is 1. The van der Waals surface area contributed by atoms with Crippen molar-refractivity contribution in [1.29, 1.82) is 0 Å². The van der Waals surface area contributed by atoms with Crippen LogP contribution in [0.3, 0.4) is 0 Å². The maximum absolute atomic E-state index is 13.6. The number of aliphatic hydroxyl groups is 1. The normalized spacial score (nSPS) is 22.5. The molecule has 1 saturated heterocycles. The van der Waals surface area contributed by atoms with E-state index < -0.39 is 34.4 Å². The number of methoxy groups -OCH3 is 1. The Balaban J connectivity index is 1.48. The molecule has 2 aromatic carbocycles. The average Bonchev–Trinajstić information content (AvgIpc) is 3.19. The Hall–Kier alpha value is -2.74. The lowest BCUT2D eigenvalue weighted by Crippen LogP contribution is -2.51. The number of aliphatic hydroxyl groups excluding tert-OH is 1. The molecule has 2 aromatic rings. The molecule has 1 aliphatic heterocycles. The van der Waals surface area contributed by atoms with Crippen LogP contribution >= 0.6 is 0 Å². The van der Waals surface area contributed by atoms with Crippen LogP contribution in [0.1, 0.15) is 32.3 Å². The average molecular weight is 593 g/mol. The highest BCUT2D eigenvalue weighted by Gasteiger charge is 2.40. The monoisotopic (exact) mass is 592 g/mol. The van der Waals surface area contributed by atoms with E-state index in [1.54, 1.807) is 12.1 Å². The van der Waals surface area contributed by atoms with E-state index in [9.17, 15) is 18.3 Å². The minimum Gasteiger partial charge on any atom is -0.497 e. The summed E-state index contributed by atoms with van der Waals surface area (Å²) in [5.74, 6) is 0.527. The molecule has 4 rings (SSSR count). The third-order valence-corrected chi connectivity index (χ3v) is 8.98. The van der Waals surface area contributed by atoms with Crippen molar-refractivity contribution in [2.45, 2.75) is 68.5 Å². The van der Waals surface area contributed by atoms with Gasteiger partial charge in [0.1, 0.15) is 25.4 Å². The molecule has 226 valence electrons. The zero-order valence-corrected chi connectivity index (χ0v) is 24.5. The third-order valence-electron chi connectivity index (χ3n) is 7.13. The lowest BCUT2D eigenvalue weighted by atomic mass is 10.0. The van der Waals surface area contributed by atoms with Gasteiger partial charge < -0.3 is 34.1 Å². The quantitative estimate of drug-likeness (QED) is 0.382. The Morgan fingerprint density at radius 1 is 1.02 bits per heavy atom. The van der Waals surface area contributed by atoms with E-state index in [1.165, 1.54) is 23.5 Å². The minimum absolute atomic E-state index is 0.00865. The standard InChI is InChI=1S/C29H40N2O9S/c1-20(2)16-31(41(34,35)24-11-9-22(36-3)10-12-24)17-26(32)25(13-21-7-5-4-6-8-21)30-29(33)40-23-14-27-28(15-23)39-19-37-18-38-27/h4-12,20,23,25-28,32H,13-19H2,1-3H3,(H,30,33)/t23?,25-,26+,27-,28+/m0/s1. The summed E-state index contributed by atoms with van der Waals surface area (Å²) in [5.41, 5.74) is 0.871. The first-order chi connectivity index (χ1) is 19.7. The number of rotatable bonds is 12. The molecule has 1 saturated carbocycles. The molecule has 11 nitrogen and oxygen atoms in total. The second-order valence-electron chi connectivity index (χ2n) is 10.7. The van der Waals surface area contributed by atoms with Gasteiger partial charge in [-0.2, -0.15) is 4.31 Å². The number of nitrogens with one attached hydrogen (secondary N) is 1. The van der Waals surface area contributed by atoms with Gasteiger partial charge in [0.05, 0.1) is 36.4 Å². The van der Waals surface area contributed by atoms with Crippen LogP contribution in [-0.4, -0.2) is 88.2 Å². The van der Waals surface area contributed by atoms with Gasteiger partial charge in [0.2, 0.25) is 10.0 Å². The molecule has 5 atom stereocenters. The van der Waals surface area contributed by atoms with Crippen LogP contribution in [-0.2, 0) is 35.4 Å². The van der Waals surface area contributed by atoms with Crippen LogP contribution in [0.15, 0.2) is 59.5 Å². The van der Waals surface area contributed by atoms with Crippen LogP contribution in [0.5, 0.6) is 5.75 Å². The lowest BCUT2D eigenvalue weighted by Gasteiger charge is -2.31. The lowest BCUT2D eigenvalue weighted by molar-refractivity contribution is -0.0963. The zero-order chi connectivity index (χ0) is 29.4. The molecule has 0 radical (unpaired) electrons. The molecular formula is C29H40N2O9S. The van der Waals surface area contributed by atoms with E-state index in [0.29, 0.717) is 18.6 Å². The Morgan fingerprint density at radius 3 is 2.24 bits per heavy atom. The number of amides is 1. The smallest absolute Gasteiger partial charge is 0.407 e. The summed E-state index contributed by atoms with van der Waals surface area (Å²) in [6.07, 6.45) is -1.60. The van der Waals surface area contributed by atoms with Gasteiger partial charge in [-0.15, -0.1) is 0 Å². The van der Waals surface area contributed by atoms with Crippen LogP contribution in [0.2, 0.25) is 0 Å². The summed E-state index contributed by atoms with van der Waals surface area (Å²) in [6, 6.07) is 14.7. The largest absolute Gasteiger partial charge is 0.497 e. The number of benzene rings is 2. The van der Waals surface area contributed by atoms with Crippen LogP contribution < -0.4 is 10.1 Å². The SMILES string of the molecule is COc1ccc(S(=O)(=O)N(CC(C)C)C[C@@H](O)[C@H](Cc2ccccc2)NC(=O)OC2C[C@@H]3OCOCO[C@@H]3C2)cc1. The number of hydrogen-bond donors (Lipinski definition) is 2. The van der Waals surface area contributed by atoms with Gasteiger partial charge >= 0.3 is 6.09 Å². The summed E-state index contributed by atoms with van der Waals surface area (Å²) in [7, 11) is -2.44. The first-order valence-electron chi connectivity index (χ1n) is 13.8. The molecule has 0 bridgehead atoms. The number of carbonyl (C=O) groups is 1. The van der Waals surface area contributed by atoms with E-state index in [-0.39, 0.29) is 56.1 Å². The Kier molecular flexibility index (Phi) is 11.0. The molecule has 2 aliphatic rings. The highest BCUT2D eigenvalue weighted by Crippen LogP contribution is 2.29. The maximum atomic E-state index is 13.6. The summed E-state index contributed by atoms with van der Waals surface area (Å²) >= 11 is 0. The fraction of sp³-hybridized carbons (Fsp3) is 0.552. The van der Waals surface area contributed by atoms with Gasteiger partial charge in [0.15, 0.2) is 0 Å². The molecule has 1 aliphatic carbocycles. The topological polar surface area (TPSA) is 133 Å². The van der Waals surface area contributed by atoms with Gasteiger partial charge in [-0.25, -0.2) is 13.2 Å². The molecule has 41 heavy (non-hydrogen) atoms. The van der Waals surface area contributed by atoms with Crippen molar-refractivity contribution in [3.8, 4) is 5.75 Å². The van der Waals surface area contributed by atoms with Crippen molar-refractivity contribution in [1.82, 2.24) is 9.62 Å². The molecule has 12 heteroatoms. The van der Waals surface area contributed by atoms with E-state index in [2.05, 4.69) is 5.32 Å². The highest BCUT2D eigenvalue weighted by molar-refractivity contribution is 7.89. The van der Waals surface area contributed by atoms with Crippen molar-refractivity contribution in [2.24, 2.45) is 5.92 Å². The zero-order valence-electron chi connectivity index (χ0n) is 23.7. The number of carbonyl (C=O) groups excluding carboxylic acids is 1. The molecule has 2 N–H and O–H groups in total. The fourth-order valence-electron chi connectivity index (χ4n) is 5.07. The number of ether oxygens (including phenoxy) is 5. The first-order valence-corrected chi connectivity index (χ1v) is 15.2. The van der Waals surface area contributed by atoms with Gasteiger partial charge in [0, 0.05) is 25.9 Å². The van der Waals surface area contributed by atoms with E-state index in [1.807, 2.05) is 44.2 Å². The van der Waals surface area contributed by atoms with Crippen molar-refractivity contribution in [2.75, 3.05) is 33.8 Å². The summed E-state index contributed by atoms with van der Waals surface area (Å²) in [6.45, 7) is 4.01. The fourth-order valence-corrected chi connectivity index (χ4v) is 6.69. The molecule has 0 spiro atoms. The van der Waals surface area contributed by atoms with Crippen LogP contribution in [0.4, 0.5) is 4.79 Å². The minimum atomic E-state index is -3.95. The molecule has 1 unspecified atom stereocenters. The van der Waals surface area contributed by atoms with Crippen molar-refractivity contribution >= 4 is 16.1 Å². The molecule has 2 fully saturated rings. The number of hydrogen-bond acceptors (Lipinski definition) is 9. The number of fused-ring (bicyclic) bond motifs is 1. The van der Waals surface area contributed by atoms with E-state index in [0.717, 1.165) is 5.56 Å². The molecular weight excluding hydrogens is 552 g/mol. The third kappa shape index (κ3) is 8.63. The Morgan fingerprint density at radius 2 is 1.66 bits per heavy atom. The second kappa shape index (κ2) is 14.4. The first kappa shape index (κ1) is 31.2. The Labute approximate surface area is 241 Å². The number of sulfonamides is 1. The van der Waals surface area contributed by atoms with Gasteiger partial charge in [-0.3, -0.25) is 0 Å². The summed E-state index contributed by atoms with van der Waals surface area (Å²) in [4.78, 5) is 13.1. The van der Waals surface area contributed by atoms with Crippen molar-refractivity contribution < 1.29 is 42.0 Å². The van der Waals surface area contributed by atoms with Gasteiger partial charge in [-0.1, -0.05) is 44.2 Å². The Bertz CT molecular complexity index is 1200. The molecule has 0 aromatic heterocycles. The second-order valence-corrected chi connectivity index (χ2v) is 12.7. The predicted octanol–water partition coefficient (Wildman–Crippen LogP) is 2.92. The highest BCUT2D eigenvalue weighted by atomic mass is 32.2. The van der Waals surface area contributed by atoms with Crippen molar-refractivity contribution in [3.05, 3.63) is 60.2 Å². The van der Waals surface area contributed by atoms with Crippen LogP contribution in [0, 0.1) is 5.92 Å². The van der Waals surface area contributed by atoms with Crippen LogP contribution in [0.25, 0.3) is 0 Å². The van der Waals surface area contributed by atoms with Crippen molar-refractivity contribution in [3.63, 3.8) is 0 Å². The maximum Gasteiger partial charge on any atom is 0.407 e. The van der Waals surface area contributed by atoms with E-state index >= 15 is 0 Å². The van der Waals surface area contributed by atoms with E-state index in [4.69, 9.17) is 23.7 Å². The van der Waals surface area contributed by atoms with Gasteiger partial charge in [-0.05, 0) is 42.2 Å².